The number of hydrogen-bond donors (Lipinski definition) is 4. The Morgan fingerprint density at radius 2 is 2.21 bits per heavy atom. The van der Waals surface area contributed by atoms with Gasteiger partial charge in [-0.15, -0.1) is 0 Å². The summed E-state index contributed by atoms with van der Waals surface area (Å²) in [5.74, 6) is 0.0666. The zero-order valence-electron chi connectivity index (χ0n) is 20.7. The molecule has 202 valence electrons. The minimum atomic E-state index is -3.00. The fourth-order valence-corrected chi connectivity index (χ4v) is 4.62. The molecule has 5 rings (SSSR count). The molecule has 1 saturated heterocycles. The molecule has 3 aromatic rings. The SMILES string of the molecule is COS(N)(O)OCC1C=C(Nc2ncncc2C(=O)c2ccn(Cc3cccc(C4(O)COC4)n3)n2)CC1. The lowest BCUT2D eigenvalue weighted by molar-refractivity contribution is -0.186. The molecule has 0 amide bonds. The molecule has 13 nitrogen and oxygen atoms in total. The van der Waals surface area contributed by atoms with Crippen molar-refractivity contribution in [2.75, 3.05) is 32.2 Å². The van der Waals surface area contributed by atoms with E-state index in [9.17, 15) is 14.5 Å². The maximum absolute atomic E-state index is 13.3. The molecule has 1 fully saturated rings. The second kappa shape index (κ2) is 10.9. The van der Waals surface area contributed by atoms with E-state index in [4.69, 9.17) is 18.2 Å². The molecule has 4 heterocycles. The van der Waals surface area contributed by atoms with Gasteiger partial charge in [0.05, 0.1) is 50.4 Å². The molecule has 1 aliphatic carbocycles. The zero-order valence-corrected chi connectivity index (χ0v) is 21.5. The number of anilines is 1. The summed E-state index contributed by atoms with van der Waals surface area (Å²) >= 11 is -3.00. The van der Waals surface area contributed by atoms with Gasteiger partial charge < -0.3 is 15.2 Å². The van der Waals surface area contributed by atoms with Gasteiger partial charge in [-0.05, 0) is 31.0 Å². The van der Waals surface area contributed by atoms with Crippen molar-refractivity contribution in [1.29, 1.82) is 0 Å². The first-order valence-corrected chi connectivity index (χ1v) is 13.4. The summed E-state index contributed by atoms with van der Waals surface area (Å²) in [5.41, 5.74) is 1.58. The number of aromatic nitrogens is 5. The second-order valence-corrected chi connectivity index (χ2v) is 10.7. The Morgan fingerprint density at radius 1 is 1.37 bits per heavy atom. The van der Waals surface area contributed by atoms with Crippen LogP contribution in [-0.4, -0.2) is 67.1 Å². The zero-order chi connectivity index (χ0) is 26.8. The molecule has 38 heavy (non-hydrogen) atoms. The highest BCUT2D eigenvalue weighted by Crippen LogP contribution is 2.38. The minimum Gasteiger partial charge on any atom is -0.379 e. The smallest absolute Gasteiger partial charge is 0.218 e. The predicted octanol–water partition coefficient (Wildman–Crippen LogP) is 1.92. The average molecular weight is 544 g/mol. The molecule has 2 aliphatic rings. The van der Waals surface area contributed by atoms with Crippen LogP contribution in [0.2, 0.25) is 0 Å². The lowest BCUT2D eigenvalue weighted by Gasteiger charge is -2.35. The maximum atomic E-state index is 13.3. The molecule has 2 unspecified atom stereocenters. The summed E-state index contributed by atoms with van der Waals surface area (Å²) in [6.07, 6.45) is 7.96. The van der Waals surface area contributed by atoms with E-state index >= 15 is 0 Å². The largest absolute Gasteiger partial charge is 0.379 e. The van der Waals surface area contributed by atoms with E-state index in [0.717, 1.165) is 12.1 Å². The van der Waals surface area contributed by atoms with Crippen LogP contribution < -0.4 is 10.5 Å². The van der Waals surface area contributed by atoms with Gasteiger partial charge in [0, 0.05) is 24.0 Å². The number of rotatable bonds is 11. The summed E-state index contributed by atoms with van der Waals surface area (Å²) in [5, 5.41) is 23.6. The van der Waals surface area contributed by atoms with Crippen molar-refractivity contribution in [2.45, 2.75) is 25.0 Å². The number of carbonyl (C=O) groups excluding carboxylic acids is 1. The third-order valence-electron chi connectivity index (χ3n) is 6.31. The quantitative estimate of drug-likeness (QED) is 0.258. The van der Waals surface area contributed by atoms with Crippen LogP contribution in [0.25, 0.3) is 0 Å². The third-order valence-corrected chi connectivity index (χ3v) is 7.26. The van der Waals surface area contributed by atoms with Crippen molar-refractivity contribution in [2.24, 2.45) is 11.1 Å². The van der Waals surface area contributed by atoms with Gasteiger partial charge in [0.25, 0.3) is 0 Å². The number of allylic oxidation sites excluding steroid dienone is 1. The topological polar surface area (TPSA) is 180 Å². The molecular formula is C24H29N7O6S. The van der Waals surface area contributed by atoms with Crippen LogP contribution >= 0.6 is 11.1 Å². The Morgan fingerprint density at radius 3 is 2.97 bits per heavy atom. The van der Waals surface area contributed by atoms with E-state index in [-0.39, 0.29) is 42.8 Å². The molecule has 2 atom stereocenters. The lowest BCUT2D eigenvalue weighted by atomic mass is 9.97. The van der Waals surface area contributed by atoms with Gasteiger partial charge >= 0.3 is 0 Å². The Bertz CT molecular complexity index is 1340. The van der Waals surface area contributed by atoms with Gasteiger partial charge in [-0.3, -0.25) is 27.4 Å². The first kappa shape index (κ1) is 26.4. The molecule has 1 aliphatic heterocycles. The normalized spacial score (nSPS) is 20.7. The van der Waals surface area contributed by atoms with Crippen molar-refractivity contribution >= 4 is 22.7 Å². The van der Waals surface area contributed by atoms with Crippen LogP contribution in [0.15, 0.2) is 54.8 Å². The predicted molar refractivity (Wildman–Crippen MR) is 138 cm³/mol. The number of nitrogens with two attached hydrogens (primary N) is 1. The Hall–Kier alpha value is -3.24. The number of nitrogens with zero attached hydrogens (tertiary/aromatic N) is 5. The summed E-state index contributed by atoms with van der Waals surface area (Å²) in [7, 11) is 1.29. The summed E-state index contributed by atoms with van der Waals surface area (Å²) in [6.45, 7) is 0.972. The van der Waals surface area contributed by atoms with Crippen LogP contribution in [0.1, 0.15) is 40.3 Å². The van der Waals surface area contributed by atoms with Crippen LogP contribution in [0, 0.1) is 5.92 Å². The Labute approximate surface area is 220 Å². The molecule has 14 heteroatoms. The lowest BCUT2D eigenvalue weighted by Crippen LogP contribution is -2.47. The van der Waals surface area contributed by atoms with E-state index in [2.05, 4.69) is 25.4 Å². The van der Waals surface area contributed by atoms with Crippen molar-refractivity contribution in [3.63, 3.8) is 0 Å². The van der Waals surface area contributed by atoms with E-state index < -0.39 is 16.7 Å². The van der Waals surface area contributed by atoms with Crippen LogP contribution in [0.5, 0.6) is 0 Å². The number of hydrogen-bond acceptors (Lipinski definition) is 12. The number of pyridine rings is 1. The molecule has 5 N–H and O–H groups in total. The fourth-order valence-electron chi connectivity index (χ4n) is 4.15. The third kappa shape index (κ3) is 5.91. The summed E-state index contributed by atoms with van der Waals surface area (Å²) < 4.78 is 26.5. The van der Waals surface area contributed by atoms with E-state index in [1.807, 2.05) is 18.2 Å². The van der Waals surface area contributed by atoms with Gasteiger partial charge in [-0.2, -0.15) is 5.10 Å². The molecule has 0 radical (unpaired) electrons. The molecular weight excluding hydrogens is 514 g/mol. The van der Waals surface area contributed by atoms with Gasteiger partial charge in [0.15, 0.2) is 16.7 Å². The standard InChI is InChI=1S/C24H29N7O6S/c1-35-38(25,34)37-12-16-5-6-17(9-16)29-23-19(10-26-15-27-23)22(32)20-7-8-31(30-20)11-18-3-2-4-21(28-18)24(33)13-36-14-24/h2-4,7-10,15-16,33-34H,5-6,11-14,25H2,1H3,(H,26,27,29). The molecule has 3 aromatic heterocycles. The van der Waals surface area contributed by atoms with Crippen LogP contribution in [0.3, 0.4) is 0 Å². The summed E-state index contributed by atoms with van der Waals surface area (Å²) in [6, 6.07) is 7.05. The van der Waals surface area contributed by atoms with Crippen LogP contribution in [-0.2, 0) is 25.2 Å². The first-order chi connectivity index (χ1) is 18.2. The Balaban J connectivity index is 1.25. The monoisotopic (exact) mass is 543 g/mol. The number of aliphatic hydroxyl groups is 1. The number of ether oxygens (including phenoxy) is 1. The number of nitrogens with one attached hydrogen (secondary N) is 1. The highest BCUT2D eigenvalue weighted by atomic mass is 32.3. The van der Waals surface area contributed by atoms with E-state index in [1.165, 1.54) is 19.6 Å². The van der Waals surface area contributed by atoms with E-state index in [0.29, 0.717) is 30.2 Å². The van der Waals surface area contributed by atoms with Gasteiger partial charge in [-0.25, -0.2) is 15.1 Å². The van der Waals surface area contributed by atoms with Crippen molar-refractivity contribution in [3.8, 4) is 0 Å². The van der Waals surface area contributed by atoms with Gasteiger partial charge in [0.2, 0.25) is 5.78 Å². The molecule has 0 saturated carbocycles. The molecule has 0 spiro atoms. The van der Waals surface area contributed by atoms with Gasteiger partial charge in [0.1, 0.15) is 17.8 Å². The minimum absolute atomic E-state index is 0.0246. The first-order valence-electron chi connectivity index (χ1n) is 11.9. The fraction of sp³-hybridized carbons (Fsp3) is 0.375. The second-order valence-electron chi connectivity index (χ2n) is 9.13. The Kier molecular flexibility index (Phi) is 7.54. The highest BCUT2D eigenvalue weighted by Gasteiger charge is 2.39. The van der Waals surface area contributed by atoms with Crippen molar-refractivity contribution < 1.29 is 27.6 Å². The maximum Gasteiger partial charge on any atom is 0.218 e. The van der Waals surface area contributed by atoms with E-state index in [1.54, 1.807) is 23.0 Å². The van der Waals surface area contributed by atoms with Crippen molar-refractivity contribution in [3.05, 3.63) is 77.4 Å². The highest BCUT2D eigenvalue weighted by molar-refractivity contribution is 8.19. The van der Waals surface area contributed by atoms with Crippen molar-refractivity contribution in [1.82, 2.24) is 24.7 Å². The van der Waals surface area contributed by atoms with Crippen LogP contribution in [0.4, 0.5) is 5.82 Å². The summed E-state index contributed by atoms with van der Waals surface area (Å²) in [4.78, 5) is 26.1. The number of carbonyl (C=O) groups is 1. The number of ketones is 1. The molecule has 0 bridgehead atoms. The average Bonchev–Trinajstić information content (AvgIpc) is 3.56. The van der Waals surface area contributed by atoms with Gasteiger partial charge in [-0.1, -0.05) is 12.1 Å². The molecule has 0 aromatic carbocycles.